The Kier molecular flexibility index (Phi) is 2.86. The SMILES string of the molecule is CC[NH+]([O-])[NH+](C)[O-]. The van der Waals surface area contributed by atoms with E-state index in [-0.39, 0.29) is 10.3 Å². The Hall–Kier alpha value is -0.160. The van der Waals surface area contributed by atoms with Gasteiger partial charge in [0, 0.05) is 0 Å². The van der Waals surface area contributed by atoms with Gasteiger partial charge in [-0.1, -0.05) is 0 Å². The van der Waals surface area contributed by atoms with E-state index < -0.39 is 0 Å². The molecule has 0 spiro atoms. The predicted molar refractivity (Wildman–Crippen MR) is 25.1 cm³/mol. The molecule has 0 aliphatic heterocycles. The van der Waals surface area contributed by atoms with Crippen molar-refractivity contribution in [3.05, 3.63) is 10.4 Å². The summed E-state index contributed by atoms with van der Waals surface area (Å²) >= 11 is 0. The molecule has 0 fully saturated rings. The van der Waals surface area contributed by atoms with Gasteiger partial charge >= 0.3 is 0 Å². The van der Waals surface area contributed by atoms with Crippen molar-refractivity contribution in [1.29, 1.82) is 0 Å². The molecular formula is C3H10N2O2. The number of quaternary nitrogens is 2. The zero-order chi connectivity index (χ0) is 5.86. The highest BCUT2D eigenvalue weighted by atomic mass is 16.7. The molecule has 0 heterocycles. The summed E-state index contributed by atoms with van der Waals surface area (Å²) in [5, 5.41) is 19.6. The second kappa shape index (κ2) is 2.92. The van der Waals surface area contributed by atoms with Crippen molar-refractivity contribution in [3.8, 4) is 0 Å². The van der Waals surface area contributed by atoms with Crippen LogP contribution in [0.25, 0.3) is 0 Å². The lowest BCUT2D eigenvalue weighted by Gasteiger charge is -2.27. The summed E-state index contributed by atoms with van der Waals surface area (Å²) in [6, 6.07) is 0. The van der Waals surface area contributed by atoms with E-state index in [1.54, 1.807) is 6.92 Å². The summed E-state index contributed by atoms with van der Waals surface area (Å²) in [6.45, 7) is 2.00. The van der Waals surface area contributed by atoms with Gasteiger partial charge in [-0.25, -0.2) is 10.3 Å². The van der Waals surface area contributed by atoms with E-state index in [9.17, 15) is 10.4 Å². The average molecular weight is 106 g/mol. The second-order valence-corrected chi connectivity index (χ2v) is 1.33. The van der Waals surface area contributed by atoms with Crippen LogP contribution in [0, 0.1) is 10.4 Å². The monoisotopic (exact) mass is 106 g/mol. The van der Waals surface area contributed by atoms with Crippen LogP contribution in [0.5, 0.6) is 0 Å². The number of hydrogen-bond acceptors (Lipinski definition) is 2. The Labute approximate surface area is 42.5 Å². The molecule has 2 unspecified atom stereocenters. The van der Waals surface area contributed by atoms with Crippen molar-refractivity contribution in [2.75, 3.05) is 13.6 Å². The zero-order valence-electron chi connectivity index (χ0n) is 4.52. The number of rotatable bonds is 2. The van der Waals surface area contributed by atoms with Gasteiger partial charge in [0.05, 0.1) is 0 Å². The smallest absolute Gasteiger partial charge is 0.118 e. The topological polar surface area (TPSA) is 55.0 Å². The molecule has 4 nitrogen and oxygen atoms in total. The van der Waals surface area contributed by atoms with E-state index in [0.717, 1.165) is 0 Å². The van der Waals surface area contributed by atoms with Crippen LogP contribution in [-0.2, 0) is 0 Å². The maximum atomic E-state index is 10.2. The normalized spacial score (nSPS) is 18.9. The highest BCUT2D eigenvalue weighted by molar-refractivity contribution is 4.00. The van der Waals surface area contributed by atoms with Crippen molar-refractivity contribution in [2.24, 2.45) is 0 Å². The highest BCUT2D eigenvalue weighted by Gasteiger charge is 1.89. The lowest BCUT2D eigenvalue weighted by atomic mass is 10.8. The Balaban J connectivity index is 3.14. The molecule has 0 aromatic carbocycles. The van der Waals surface area contributed by atoms with E-state index in [4.69, 9.17) is 0 Å². The molecule has 0 radical (unpaired) electrons. The first-order valence-corrected chi connectivity index (χ1v) is 2.22. The van der Waals surface area contributed by atoms with Gasteiger partial charge in [0.25, 0.3) is 0 Å². The van der Waals surface area contributed by atoms with Gasteiger partial charge in [0.1, 0.15) is 13.6 Å². The maximum Gasteiger partial charge on any atom is 0.118 e. The van der Waals surface area contributed by atoms with E-state index in [0.29, 0.717) is 6.54 Å². The minimum absolute atomic E-state index is 0.292. The lowest BCUT2D eigenvalue weighted by molar-refractivity contribution is -1.45. The maximum absolute atomic E-state index is 10.2. The van der Waals surface area contributed by atoms with Crippen LogP contribution in [0.15, 0.2) is 0 Å². The third kappa shape index (κ3) is 2.52. The first-order chi connectivity index (χ1) is 3.18. The Morgan fingerprint density at radius 2 is 1.86 bits per heavy atom. The third-order valence-corrected chi connectivity index (χ3v) is 0.714. The molecule has 0 aliphatic carbocycles. The van der Waals surface area contributed by atoms with Gasteiger partial charge in [0.15, 0.2) is 0 Å². The summed E-state index contributed by atoms with van der Waals surface area (Å²) in [5.74, 6) is 0. The van der Waals surface area contributed by atoms with E-state index in [1.165, 1.54) is 7.05 Å². The van der Waals surface area contributed by atoms with Gasteiger partial charge in [-0.15, -0.1) is 0 Å². The molecule has 0 saturated carbocycles. The Bertz CT molecular complexity index is 48.2. The molecule has 0 bridgehead atoms. The molecule has 0 amide bonds. The molecule has 0 saturated heterocycles. The van der Waals surface area contributed by atoms with Crippen LogP contribution in [0.4, 0.5) is 0 Å². The van der Waals surface area contributed by atoms with Crippen molar-refractivity contribution in [2.45, 2.75) is 6.92 Å². The largest absolute Gasteiger partial charge is 0.584 e. The molecule has 0 aromatic heterocycles. The van der Waals surface area contributed by atoms with Crippen LogP contribution in [0.1, 0.15) is 6.92 Å². The van der Waals surface area contributed by atoms with Crippen molar-refractivity contribution < 1.29 is 10.3 Å². The lowest BCUT2D eigenvalue weighted by Crippen LogP contribution is -3.54. The number of hydrogen-bond donors (Lipinski definition) is 2. The molecule has 0 aromatic rings. The quantitative estimate of drug-likeness (QED) is 0.377. The average Bonchev–Trinajstić information content (AvgIpc) is 1.65. The summed E-state index contributed by atoms with van der Waals surface area (Å²) in [5.41, 5.74) is 0. The fourth-order valence-electron chi connectivity index (χ4n) is 0.249. The van der Waals surface area contributed by atoms with Crippen LogP contribution in [-0.4, -0.2) is 13.6 Å². The van der Waals surface area contributed by atoms with Crippen LogP contribution in [0.2, 0.25) is 0 Å². The first kappa shape index (κ1) is 6.84. The van der Waals surface area contributed by atoms with Gasteiger partial charge in [-0.2, -0.15) is 0 Å². The summed E-state index contributed by atoms with van der Waals surface area (Å²) in [7, 11) is 1.28. The van der Waals surface area contributed by atoms with E-state index >= 15 is 0 Å². The van der Waals surface area contributed by atoms with Crippen LogP contribution in [0.3, 0.4) is 0 Å². The fourth-order valence-corrected chi connectivity index (χ4v) is 0.249. The summed E-state index contributed by atoms with van der Waals surface area (Å²) in [4.78, 5) is 0. The first-order valence-electron chi connectivity index (χ1n) is 2.22. The van der Waals surface area contributed by atoms with E-state index in [1.807, 2.05) is 0 Å². The van der Waals surface area contributed by atoms with E-state index in [2.05, 4.69) is 0 Å². The van der Waals surface area contributed by atoms with Gasteiger partial charge in [0.2, 0.25) is 0 Å². The molecule has 2 atom stereocenters. The van der Waals surface area contributed by atoms with Crippen molar-refractivity contribution in [3.63, 3.8) is 0 Å². The molecule has 2 N–H and O–H groups in total. The van der Waals surface area contributed by atoms with Gasteiger partial charge in [-0.3, -0.25) is 0 Å². The molecule has 0 rings (SSSR count). The third-order valence-electron chi connectivity index (χ3n) is 0.714. The number of nitrogens with one attached hydrogen (secondary N) is 2. The standard InChI is InChI=1S/C3H10N2O2/c1-3-5(7)4(2)6/h4-5H,3H2,1-2H3. The molecule has 7 heavy (non-hydrogen) atoms. The summed E-state index contributed by atoms with van der Waals surface area (Å²) < 4.78 is 0. The molecular weight excluding hydrogens is 96.0 g/mol. The Morgan fingerprint density at radius 1 is 1.43 bits per heavy atom. The van der Waals surface area contributed by atoms with Crippen LogP contribution < -0.4 is 10.3 Å². The highest BCUT2D eigenvalue weighted by Crippen LogP contribution is 1.26. The number of hydroxylamine groups is 2. The minimum atomic E-state index is -0.345. The van der Waals surface area contributed by atoms with Gasteiger partial charge < -0.3 is 10.4 Å². The minimum Gasteiger partial charge on any atom is -0.584 e. The Morgan fingerprint density at radius 3 is 1.86 bits per heavy atom. The fraction of sp³-hybridized carbons (Fsp3) is 1.00. The van der Waals surface area contributed by atoms with Crippen LogP contribution >= 0.6 is 0 Å². The predicted octanol–water partition coefficient (Wildman–Crippen LogP) is -2.68. The van der Waals surface area contributed by atoms with Crippen molar-refractivity contribution in [1.82, 2.24) is 0 Å². The molecule has 44 valence electrons. The molecule has 0 aliphatic rings. The zero-order valence-corrected chi connectivity index (χ0v) is 4.52. The second-order valence-electron chi connectivity index (χ2n) is 1.33. The van der Waals surface area contributed by atoms with Gasteiger partial charge in [-0.05, 0) is 6.92 Å². The molecule has 4 heteroatoms. The summed E-state index contributed by atoms with van der Waals surface area (Å²) in [6.07, 6.45) is 0. The van der Waals surface area contributed by atoms with Crippen molar-refractivity contribution >= 4 is 0 Å².